The molecule has 10 nitrogen and oxygen atoms in total. The van der Waals surface area contributed by atoms with Crippen molar-refractivity contribution in [1.82, 2.24) is 14.7 Å². The van der Waals surface area contributed by atoms with Gasteiger partial charge in [-0.1, -0.05) is 23.2 Å². The number of nitriles is 1. The maximum Gasteiger partial charge on any atom is 0.416 e. The van der Waals surface area contributed by atoms with Gasteiger partial charge in [-0.15, -0.1) is 0 Å². The van der Waals surface area contributed by atoms with E-state index in [-0.39, 0.29) is 22.2 Å². The van der Waals surface area contributed by atoms with Crippen molar-refractivity contribution < 1.29 is 30.0 Å². The van der Waals surface area contributed by atoms with Crippen molar-refractivity contribution in [2.75, 3.05) is 24.1 Å². The number of rotatable bonds is 7. The lowest BCUT2D eigenvalue weighted by molar-refractivity contribution is -0.137. The monoisotopic (exact) mass is 572 g/mol. The van der Waals surface area contributed by atoms with E-state index in [9.17, 15) is 35.3 Å². The molecule has 0 unspecified atom stereocenters. The Balaban J connectivity index is 2.44. The zero-order valence-corrected chi connectivity index (χ0v) is 21.4. The number of hydrogen-bond donors (Lipinski definition) is 0. The smallest absolute Gasteiger partial charge is 0.369 e. The third kappa shape index (κ3) is 5.35. The van der Waals surface area contributed by atoms with Crippen LogP contribution in [0.1, 0.15) is 24.1 Å². The minimum atomic E-state index is -4.78. The maximum absolute atomic E-state index is 13.2. The molecule has 35 heavy (non-hydrogen) atoms. The molecule has 0 aliphatic heterocycles. The molecule has 190 valence electrons. The predicted molar refractivity (Wildman–Crippen MR) is 124 cm³/mol. The number of benzene rings is 1. The minimum absolute atomic E-state index is 0.0773. The quantitative estimate of drug-likeness (QED) is 0.366. The van der Waals surface area contributed by atoms with Crippen LogP contribution in [0.3, 0.4) is 0 Å². The predicted octanol–water partition coefficient (Wildman–Crippen LogP) is 3.55. The van der Waals surface area contributed by atoms with Gasteiger partial charge in [0.2, 0.25) is 10.0 Å². The van der Waals surface area contributed by atoms with Crippen LogP contribution in [0.2, 0.25) is 10.0 Å². The van der Waals surface area contributed by atoms with E-state index in [1.165, 1.54) is 4.90 Å². The molecule has 17 heteroatoms. The highest BCUT2D eigenvalue weighted by Gasteiger charge is 2.47. The molecule has 1 aromatic carbocycles. The Kier molecular flexibility index (Phi) is 7.08. The molecule has 0 saturated heterocycles. The van der Waals surface area contributed by atoms with Gasteiger partial charge in [0, 0.05) is 14.1 Å². The molecular formula is C18H17Cl2F3N6O4S2. The van der Waals surface area contributed by atoms with Crippen molar-refractivity contribution in [3.8, 4) is 11.8 Å². The summed E-state index contributed by atoms with van der Waals surface area (Å²) in [5.74, 6) is -0.506. The van der Waals surface area contributed by atoms with Crippen LogP contribution in [-0.4, -0.2) is 63.5 Å². The van der Waals surface area contributed by atoms with Gasteiger partial charge < -0.3 is 4.90 Å². The van der Waals surface area contributed by atoms with Gasteiger partial charge in [0.15, 0.2) is 17.2 Å². The highest BCUT2D eigenvalue weighted by Crippen LogP contribution is 2.44. The number of hydrogen-bond acceptors (Lipinski definition) is 7. The van der Waals surface area contributed by atoms with E-state index in [1.54, 1.807) is 20.2 Å². The Hall–Kier alpha value is -2.54. The van der Waals surface area contributed by atoms with Gasteiger partial charge in [-0.25, -0.2) is 26.5 Å². The fourth-order valence-electron chi connectivity index (χ4n) is 3.00. The minimum Gasteiger partial charge on any atom is -0.369 e. The van der Waals surface area contributed by atoms with Gasteiger partial charge in [-0.3, -0.25) is 0 Å². The summed E-state index contributed by atoms with van der Waals surface area (Å²) in [6, 6.07) is 2.74. The Morgan fingerprint density at radius 1 is 1.20 bits per heavy atom. The van der Waals surface area contributed by atoms with Crippen LogP contribution < -0.4 is 3.71 Å². The van der Waals surface area contributed by atoms with E-state index < -0.39 is 64.3 Å². The van der Waals surface area contributed by atoms with Gasteiger partial charge in [0.25, 0.3) is 10.0 Å². The average molecular weight is 573 g/mol. The summed E-state index contributed by atoms with van der Waals surface area (Å²) in [5.41, 5.74) is -2.92. The molecule has 0 N–H and O–H groups in total. The van der Waals surface area contributed by atoms with E-state index >= 15 is 0 Å². The lowest BCUT2D eigenvalue weighted by Gasteiger charge is -2.21. The van der Waals surface area contributed by atoms with Crippen LogP contribution in [0.15, 0.2) is 17.1 Å². The van der Waals surface area contributed by atoms with Gasteiger partial charge in [-0.05, 0) is 25.0 Å². The molecule has 1 aromatic heterocycles. The van der Waals surface area contributed by atoms with E-state index in [0.717, 1.165) is 11.0 Å². The van der Waals surface area contributed by atoms with Crippen molar-refractivity contribution in [1.29, 1.82) is 5.26 Å². The van der Waals surface area contributed by atoms with Crippen LogP contribution in [0.25, 0.3) is 5.69 Å². The van der Waals surface area contributed by atoms with E-state index in [2.05, 4.69) is 10.1 Å². The van der Waals surface area contributed by atoms with Crippen molar-refractivity contribution in [2.45, 2.75) is 24.3 Å². The van der Waals surface area contributed by atoms with Gasteiger partial charge in [0.1, 0.15) is 11.8 Å². The molecule has 0 radical (unpaired) electrons. The third-order valence-corrected chi connectivity index (χ3v) is 9.33. The van der Waals surface area contributed by atoms with E-state index in [0.29, 0.717) is 18.4 Å². The van der Waals surface area contributed by atoms with Crippen molar-refractivity contribution in [2.24, 2.45) is 4.99 Å². The number of anilines is 1. The van der Waals surface area contributed by atoms with Crippen molar-refractivity contribution in [3.63, 3.8) is 0 Å². The van der Waals surface area contributed by atoms with E-state index in [4.69, 9.17) is 23.2 Å². The summed E-state index contributed by atoms with van der Waals surface area (Å²) in [4.78, 5) is 5.48. The van der Waals surface area contributed by atoms with Crippen LogP contribution in [0.5, 0.6) is 0 Å². The molecule has 2 aromatic rings. The summed E-state index contributed by atoms with van der Waals surface area (Å²) in [6.07, 6.45) is -2.60. The summed E-state index contributed by atoms with van der Waals surface area (Å²) in [7, 11) is -5.97. The first kappa shape index (κ1) is 27.1. The number of aliphatic imine (C=N–C) groups is 1. The number of alkyl halides is 3. The fourth-order valence-corrected chi connectivity index (χ4v) is 7.45. The van der Waals surface area contributed by atoms with Crippen LogP contribution in [-0.2, 0) is 26.2 Å². The second-order valence-electron chi connectivity index (χ2n) is 7.74. The lowest BCUT2D eigenvalue weighted by atomic mass is 10.2. The van der Waals surface area contributed by atoms with Crippen molar-refractivity contribution in [3.05, 3.63) is 33.4 Å². The van der Waals surface area contributed by atoms with Crippen LogP contribution in [0.4, 0.5) is 24.7 Å². The van der Waals surface area contributed by atoms with Crippen molar-refractivity contribution >= 4 is 61.1 Å². The highest BCUT2D eigenvalue weighted by atomic mass is 35.5. The summed E-state index contributed by atoms with van der Waals surface area (Å²) in [5, 5.41) is 11.5. The molecule has 3 rings (SSSR count). The third-order valence-electron chi connectivity index (χ3n) is 4.57. The molecule has 0 amide bonds. The average Bonchev–Trinajstić information content (AvgIpc) is 3.49. The summed E-state index contributed by atoms with van der Waals surface area (Å²) >= 11 is 12.2. The van der Waals surface area contributed by atoms with Gasteiger partial charge in [0.05, 0.1) is 33.5 Å². The topological polar surface area (TPSA) is 129 Å². The Morgan fingerprint density at radius 3 is 2.14 bits per heavy atom. The number of sulfonamides is 2. The molecule has 1 heterocycles. The molecule has 0 spiro atoms. The molecule has 1 aliphatic rings. The first-order chi connectivity index (χ1) is 16.0. The molecular weight excluding hydrogens is 556 g/mol. The Bertz CT molecular complexity index is 1440. The van der Waals surface area contributed by atoms with Crippen LogP contribution >= 0.6 is 23.2 Å². The summed E-state index contributed by atoms with van der Waals surface area (Å²) < 4.78 is 91.9. The molecule has 1 fully saturated rings. The van der Waals surface area contributed by atoms with Gasteiger partial charge in [-0.2, -0.15) is 27.2 Å². The van der Waals surface area contributed by atoms with Gasteiger partial charge >= 0.3 is 6.18 Å². The molecule has 0 bridgehead atoms. The second-order valence-corrected chi connectivity index (χ2v) is 12.7. The zero-order valence-electron chi connectivity index (χ0n) is 18.2. The standard InChI is InChI=1S/C18H17Cl2F3N6O4S2/c1-27(2)9-25-17-16(29(34(3,30)31)35(32,33)11-4-5-11)14(8-24)26-28(17)15-12(19)6-10(7-13(15)20)18(21,22)23/h6-7,9,11H,4-5H2,1-3H3. The fraction of sp³-hybridized carbons (Fsp3) is 0.389. The molecule has 0 atom stereocenters. The summed E-state index contributed by atoms with van der Waals surface area (Å²) in [6.45, 7) is 0. The normalized spacial score (nSPS) is 14.8. The second kappa shape index (κ2) is 9.16. The first-order valence-corrected chi connectivity index (χ1v) is 13.7. The highest BCUT2D eigenvalue weighted by molar-refractivity contribution is 8.10. The van der Waals surface area contributed by atoms with Crippen LogP contribution in [0, 0.1) is 11.3 Å². The Labute approximate surface area is 209 Å². The number of halogens is 5. The molecule has 1 aliphatic carbocycles. The largest absolute Gasteiger partial charge is 0.416 e. The molecule has 1 saturated carbocycles. The maximum atomic E-state index is 13.2. The SMILES string of the molecule is CN(C)C=Nc1c(N(S(C)(=O)=O)S(=O)(=O)C2CC2)c(C#N)nn1-c1c(Cl)cc(C(F)(F)F)cc1Cl. The lowest BCUT2D eigenvalue weighted by Crippen LogP contribution is -2.38. The number of aromatic nitrogens is 2. The Morgan fingerprint density at radius 2 is 1.74 bits per heavy atom. The number of nitrogens with zero attached hydrogens (tertiary/aromatic N) is 6. The first-order valence-electron chi connectivity index (χ1n) is 9.54. The van der Waals surface area contributed by atoms with E-state index in [1.807, 2.05) is 0 Å². The zero-order chi connectivity index (χ0) is 26.5.